The monoisotopic (exact) mass is 340 g/mol. The molecule has 1 atom stereocenters. The predicted molar refractivity (Wildman–Crippen MR) is 98.5 cm³/mol. The highest BCUT2D eigenvalue weighted by atomic mass is 32.2. The molecule has 0 bridgehead atoms. The van der Waals surface area contributed by atoms with Crippen molar-refractivity contribution < 1.29 is 9.59 Å². The van der Waals surface area contributed by atoms with Crippen molar-refractivity contribution in [3.63, 3.8) is 0 Å². The van der Waals surface area contributed by atoms with Gasteiger partial charge in [-0.05, 0) is 30.7 Å². The minimum absolute atomic E-state index is 0.0140. The van der Waals surface area contributed by atoms with E-state index in [9.17, 15) is 9.59 Å². The van der Waals surface area contributed by atoms with Gasteiger partial charge >= 0.3 is 0 Å². The Balaban J connectivity index is 1.81. The van der Waals surface area contributed by atoms with Crippen molar-refractivity contribution in [1.29, 1.82) is 0 Å². The van der Waals surface area contributed by atoms with Crippen molar-refractivity contribution in [1.82, 2.24) is 0 Å². The number of hydrogen-bond acceptors (Lipinski definition) is 3. The third-order valence-electron chi connectivity index (χ3n) is 3.97. The molecular weight excluding hydrogens is 320 g/mol. The molecule has 4 nitrogen and oxygen atoms in total. The normalized spacial score (nSPS) is 17.2. The Hall–Kier alpha value is -2.27. The van der Waals surface area contributed by atoms with Gasteiger partial charge in [0.1, 0.15) is 6.54 Å². The number of anilines is 2. The summed E-state index contributed by atoms with van der Waals surface area (Å²) in [7, 11) is 0. The predicted octanol–water partition coefficient (Wildman–Crippen LogP) is 3.85. The zero-order valence-corrected chi connectivity index (χ0v) is 14.6. The first-order valence-corrected chi connectivity index (χ1v) is 8.84. The lowest BCUT2D eigenvalue weighted by Crippen LogP contribution is -2.38. The molecule has 0 unspecified atom stereocenters. The number of thioether (sulfide) groups is 1. The molecule has 0 aliphatic carbocycles. The first kappa shape index (κ1) is 16.6. The van der Waals surface area contributed by atoms with E-state index in [1.807, 2.05) is 62.4 Å². The van der Waals surface area contributed by atoms with Crippen molar-refractivity contribution >= 4 is 35.0 Å². The van der Waals surface area contributed by atoms with E-state index in [1.54, 1.807) is 16.7 Å². The maximum atomic E-state index is 12.6. The molecule has 1 heterocycles. The number of aryl methyl sites for hydroxylation is 1. The number of carbonyl (C=O) groups excluding carboxylic acids is 2. The van der Waals surface area contributed by atoms with Gasteiger partial charge in [-0.3, -0.25) is 9.59 Å². The van der Waals surface area contributed by atoms with Gasteiger partial charge in [0.15, 0.2) is 0 Å². The Morgan fingerprint density at radius 3 is 2.71 bits per heavy atom. The van der Waals surface area contributed by atoms with E-state index in [0.29, 0.717) is 6.42 Å². The molecule has 2 aromatic carbocycles. The number of fused-ring (bicyclic) bond motifs is 1. The summed E-state index contributed by atoms with van der Waals surface area (Å²) >= 11 is 1.68. The molecule has 1 aliphatic rings. The Morgan fingerprint density at radius 2 is 1.92 bits per heavy atom. The molecule has 2 aromatic rings. The van der Waals surface area contributed by atoms with E-state index < -0.39 is 0 Å². The SMILES string of the molecule is Cc1ccccc1NC(=O)CN1C(=O)C[C@H](C)Sc2ccccc21. The second kappa shape index (κ2) is 7.09. The van der Waals surface area contributed by atoms with Crippen LogP contribution in [0.15, 0.2) is 53.4 Å². The molecule has 1 aliphatic heterocycles. The summed E-state index contributed by atoms with van der Waals surface area (Å²) < 4.78 is 0. The molecule has 0 radical (unpaired) electrons. The van der Waals surface area contributed by atoms with Gasteiger partial charge in [0.05, 0.1) is 5.69 Å². The van der Waals surface area contributed by atoms with Gasteiger partial charge in [-0.2, -0.15) is 0 Å². The lowest BCUT2D eigenvalue weighted by atomic mass is 10.2. The Labute approximate surface area is 146 Å². The number of hydrogen-bond donors (Lipinski definition) is 1. The second-order valence-electron chi connectivity index (χ2n) is 5.94. The Bertz CT molecular complexity index is 775. The van der Waals surface area contributed by atoms with Crippen LogP contribution >= 0.6 is 11.8 Å². The third-order valence-corrected chi connectivity index (χ3v) is 5.14. The highest BCUT2D eigenvalue weighted by molar-refractivity contribution is 8.00. The molecule has 2 amide bonds. The van der Waals surface area contributed by atoms with E-state index >= 15 is 0 Å². The molecule has 1 N–H and O–H groups in total. The van der Waals surface area contributed by atoms with Crippen molar-refractivity contribution in [2.24, 2.45) is 0 Å². The van der Waals surface area contributed by atoms with Crippen LogP contribution in [0.3, 0.4) is 0 Å². The van der Waals surface area contributed by atoms with Crippen molar-refractivity contribution in [2.75, 3.05) is 16.8 Å². The van der Waals surface area contributed by atoms with E-state index in [4.69, 9.17) is 0 Å². The van der Waals surface area contributed by atoms with Crippen LogP contribution in [0, 0.1) is 6.92 Å². The van der Waals surface area contributed by atoms with Crippen LogP contribution in [0.1, 0.15) is 18.9 Å². The lowest BCUT2D eigenvalue weighted by molar-refractivity contribution is -0.121. The summed E-state index contributed by atoms with van der Waals surface area (Å²) in [5.41, 5.74) is 2.59. The van der Waals surface area contributed by atoms with Crippen LogP contribution in [0.2, 0.25) is 0 Å². The minimum atomic E-state index is -0.188. The highest BCUT2D eigenvalue weighted by Crippen LogP contribution is 2.37. The molecule has 124 valence electrons. The van der Waals surface area contributed by atoms with Crippen molar-refractivity contribution in [3.8, 4) is 0 Å². The van der Waals surface area contributed by atoms with E-state index in [0.717, 1.165) is 21.8 Å². The van der Waals surface area contributed by atoms with Gasteiger partial charge in [0, 0.05) is 22.3 Å². The average molecular weight is 340 g/mol. The van der Waals surface area contributed by atoms with E-state index in [2.05, 4.69) is 5.32 Å². The fourth-order valence-corrected chi connectivity index (χ4v) is 3.86. The highest BCUT2D eigenvalue weighted by Gasteiger charge is 2.27. The maximum Gasteiger partial charge on any atom is 0.244 e. The summed E-state index contributed by atoms with van der Waals surface area (Å²) in [6, 6.07) is 15.4. The largest absolute Gasteiger partial charge is 0.324 e. The maximum absolute atomic E-state index is 12.6. The van der Waals surface area contributed by atoms with Crippen molar-refractivity contribution in [2.45, 2.75) is 30.4 Å². The number of carbonyl (C=O) groups is 2. The van der Waals surface area contributed by atoms with Gasteiger partial charge in [0.2, 0.25) is 11.8 Å². The van der Waals surface area contributed by atoms with Crippen molar-refractivity contribution in [3.05, 3.63) is 54.1 Å². The third kappa shape index (κ3) is 3.62. The van der Waals surface area contributed by atoms with Gasteiger partial charge in [-0.1, -0.05) is 37.3 Å². The molecule has 24 heavy (non-hydrogen) atoms. The zero-order valence-electron chi connectivity index (χ0n) is 13.8. The summed E-state index contributed by atoms with van der Waals surface area (Å²) in [5.74, 6) is -0.202. The van der Waals surface area contributed by atoms with Gasteiger partial charge < -0.3 is 10.2 Å². The number of para-hydroxylation sites is 2. The van der Waals surface area contributed by atoms with Gasteiger partial charge in [-0.25, -0.2) is 0 Å². The summed E-state index contributed by atoms with van der Waals surface area (Å²) in [6.07, 6.45) is 0.428. The van der Waals surface area contributed by atoms with E-state index in [-0.39, 0.29) is 23.6 Å². The molecule has 0 fully saturated rings. The number of nitrogens with zero attached hydrogens (tertiary/aromatic N) is 1. The van der Waals surface area contributed by atoms with Crippen LogP contribution in [0.25, 0.3) is 0 Å². The van der Waals surface area contributed by atoms with Crippen LogP contribution in [0.5, 0.6) is 0 Å². The lowest BCUT2D eigenvalue weighted by Gasteiger charge is -2.22. The quantitative estimate of drug-likeness (QED) is 0.923. The van der Waals surface area contributed by atoms with Crippen LogP contribution in [-0.4, -0.2) is 23.6 Å². The number of amides is 2. The van der Waals surface area contributed by atoms with Gasteiger partial charge in [-0.15, -0.1) is 11.8 Å². The van der Waals surface area contributed by atoms with Crippen LogP contribution < -0.4 is 10.2 Å². The van der Waals surface area contributed by atoms with Gasteiger partial charge in [0.25, 0.3) is 0 Å². The standard InChI is InChI=1S/C19H20N2O2S/c1-13-7-3-4-8-15(13)20-18(22)12-21-16-9-5-6-10-17(16)24-14(2)11-19(21)23/h3-10,14H,11-12H2,1-2H3,(H,20,22)/t14-/m0/s1. The van der Waals surface area contributed by atoms with E-state index in [1.165, 1.54) is 0 Å². The summed E-state index contributed by atoms with van der Waals surface area (Å²) in [4.78, 5) is 27.7. The Morgan fingerprint density at radius 1 is 1.21 bits per heavy atom. The molecule has 0 saturated heterocycles. The summed E-state index contributed by atoms with van der Waals surface area (Å²) in [6.45, 7) is 4.01. The topological polar surface area (TPSA) is 49.4 Å². The van der Waals surface area contributed by atoms with Crippen LogP contribution in [-0.2, 0) is 9.59 Å². The first-order valence-electron chi connectivity index (χ1n) is 7.96. The molecule has 0 aromatic heterocycles. The summed E-state index contributed by atoms with van der Waals surface area (Å²) in [5, 5.41) is 3.10. The average Bonchev–Trinajstić information content (AvgIpc) is 2.66. The molecule has 0 spiro atoms. The fraction of sp³-hybridized carbons (Fsp3) is 0.263. The molecular formula is C19H20N2O2S. The number of nitrogens with one attached hydrogen (secondary N) is 1. The second-order valence-corrected chi connectivity index (χ2v) is 7.42. The zero-order chi connectivity index (χ0) is 17.1. The fourth-order valence-electron chi connectivity index (χ4n) is 2.75. The Kier molecular flexibility index (Phi) is 4.90. The van der Waals surface area contributed by atoms with Crippen LogP contribution in [0.4, 0.5) is 11.4 Å². The molecule has 0 saturated carbocycles. The first-order chi connectivity index (χ1) is 11.5. The smallest absolute Gasteiger partial charge is 0.244 e. The minimum Gasteiger partial charge on any atom is -0.324 e. The molecule has 5 heteroatoms. The molecule has 3 rings (SSSR count). The number of benzene rings is 2. The number of rotatable bonds is 3.